The Bertz CT molecular complexity index is 175. The molecule has 6 heteroatoms. The molecule has 0 unspecified atom stereocenters. The summed E-state index contributed by atoms with van der Waals surface area (Å²) in [6, 6.07) is -0.721. The fraction of sp³-hybridized carbons (Fsp3) is 0.600. The van der Waals surface area contributed by atoms with E-state index < -0.39 is 23.4 Å². The van der Waals surface area contributed by atoms with Crippen LogP contribution in [0.2, 0.25) is 0 Å². The summed E-state index contributed by atoms with van der Waals surface area (Å²) in [5.74, 6) is -1.70. The molecule has 0 radical (unpaired) electrons. The summed E-state index contributed by atoms with van der Waals surface area (Å²) >= 11 is 1.10. The minimum absolute atomic E-state index is 0.312. The zero-order chi connectivity index (χ0) is 8.43. The Hall–Kier alpha value is -0.750. The van der Waals surface area contributed by atoms with Crippen molar-refractivity contribution in [2.75, 3.05) is 5.75 Å². The Morgan fingerprint density at radius 1 is 1.36 bits per heavy atom. The zero-order valence-electron chi connectivity index (χ0n) is 5.48. The number of carboxylic acid groups (broad SMARTS) is 2. The molecule has 1 heterocycles. The number of carboxylic acids is 2. The second kappa shape index (κ2) is 3.10. The van der Waals surface area contributed by atoms with Crippen molar-refractivity contribution < 1.29 is 19.8 Å². The van der Waals surface area contributed by atoms with Crippen molar-refractivity contribution in [1.29, 1.82) is 0 Å². The van der Waals surface area contributed by atoms with Crippen molar-refractivity contribution in [3.63, 3.8) is 0 Å². The van der Waals surface area contributed by atoms with E-state index in [-0.39, 0.29) is 0 Å². The summed E-state index contributed by atoms with van der Waals surface area (Å²) in [6.07, 6.45) is 0. The van der Waals surface area contributed by atoms with Gasteiger partial charge in [0.2, 0.25) is 0 Å². The topological polar surface area (TPSA) is 86.6 Å². The molecular formula is C5H7NO4S. The summed E-state index contributed by atoms with van der Waals surface area (Å²) in [7, 11) is 0. The second-order valence-corrected chi connectivity index (χ2v) is 3.25. The Labute approximate surface area is 66.8 Å². The number of aliphatic carboxylic acids is 2. The monoisotopic (exact) mass is 177 g/mol. The smallest absolute Gasteiger partial charge is 0.331 e. The van der Waals surface area contributed by atoms with Gasteiger partial charge in [0.15, 0.2) is 5.37 Å². The van der Waals surface area contributed by atoms with Crippen molar-refractivity contribution in [2.45, 2.75) is 11.4 Å². The van der Waals surface area contributed by atoms with Crippen molar-refractivity contribution in [2.24, 2.45) is 0 Å². The number of thioether (sulfide) groups is 1. The van der Waals surface area contributed by atoms with Gasteiger partial charge >= 0.3 is 11.9 Å². The molecule has 5 nitrogen and oxygen atoms in total. The van der Waals surface area contributed by atoms with Gasteiger partial charge in [0, 0.05) is 5.75 Å². The molecule has 0 bridgehead atoms. The molecule has 0 amide bonds. The number of carbonyl (C=O) groups is 2. The van der Waals surface area contributed by atoms with E-state index in [9.17, 15) is 9.59 Å². The third-order valence-electron chi connectivity index (χ3n) is 1.30. The van der Waals surface area contributed by atoms with Crippen LogP contribution in [0, 0.1) is 0 Å². The van der Waals surface area contributed by atoms with Gasteiger partial charge in [-0.1, -0.05) is 0 Å². The molecule has 1 aliphatic rings. The van der Waals surface area contributed by atoms with Gasteiger partial charge in [-0.15, -0.1) is 11.8 Å². The van der Waals surface area contributed by atoms with Crippen LogP contribution in [0.15, 0.2) is 0 Å². The van der Waals surface area contributed by atoms with Gasteiger partial charge in [-0.2, -0.15) is 0 Å². The summed E-state index contributed by atoms with van der Waals surface area (Å²) in [6.45, 7) is 0. The van der Waals surface area contributed by atoms with Crippen LogP contribution in [-0.4, -0.2) is 39.3 Å². The Morgan fingerprint density at radius 3 is 2.27 bits per heavy atom. The molecule has 11 heavy (non-hydrogen) atoms. The van der Waals surface area contributed by atoms with E-state index in [4.69, 9.17) is 10.2 Å². The maximum Gasteiger partial charge on any atom is 0.331 e. The van der Waals surface area contributed by atoms with Crippen LogP contribution >= 0.6 is 11.8 Å². The third-order valence-corrected chi connectivity index (χ3v) is 2.50. The van der Waals surface area contributed by atoms with Crippen LogP contribution in [0.5, 0.6) is 0 Å². The highest BCUT2D eigenvalue weighted by Crippen LogP contribution is 2.18. The molecule has 0 aromatic rings. The highest BCUT2D eigenvalue weighted by Gasteiger charge is 2.33. The summed E-state index contributed by atoms with van der Waals surface area (Å²) in [5.41, 5.74) is 0. The third kappa shape index (κ3) is 1.84. The van der Waals surface area contributed by atoms with Crippen molar-refractivity contribution >= 4 is 23.7 Å². The molecule has 0 aromatic heterocycles. The molecule has 3 N–H and O–H groups in total. The average molecular weight is 177 g/mol. The highest BCUT2D eigenvalue weighted by molar-refractivity contribution is 8.00. The van der Waals surface area contributed by atoms with E-state index >= 15 is 0 Å². The highest BCUT2D eigenvalue weighted by atomic mass is 32.2. The van der Waals surface area contributed by atoms with Crippen molar-refractivity contribution in [3.8, 4) is 0 Å². The van der Waals surface area contributed by atoms with Crippen LogP contribution in [0.4, 0.5) is 0 Å². The number of hydrogen-bond donors (Lipinski definition) is 3. The lowest BCUT2D eigenvalue weighted by atomic mass is 10.3. The molecule has 1 aliphatic heterocycles. The molecule has 0 spiro atoms. The van der Waals surface area contributed by atoms with Gasteiger partial charge in [0.25, 0.3) is 0 Å². The van der Waals surface area contributed by atoms with Gasteiger partial charge in [-0.05, 0) is 0 Å². The summed E-state index contributed by atoms with van der Waals surface area (Å²) < 4.78 is 0. The SMILES string of the molecule is O=C(O)[C@@H]1CS[C@H](C(=O)O)N1. The fourth-order valence-electron chi connectivity index (χ4n) is 0.757. The van der Waals surface area contributed by atoms with E-state index in [0.29, 0.717) is 5.75 Å². The zero-order valence-corrected chi connectivity index (χ0v) is 6.30. The Morgan fingerprint density at radius 2 is 2.00 bits per heavy atom. The molecule has 0 saturated carbocycles. The van der Waals surface area contributed by atoms with E-state index in [1.54, 1.807) is 0 Å². The van der Waals surface area contributed by atoms with Crippen LogP contribution in [-0.2, 0) is 9.59 Å². The Balaban J connectivity index is 2.47. The maximum atomic E-state index is 10.3. The maximum absolute atomic E-state index is 10.3. The molecular weight excluding hydrogens is 170 g/mol. The van der Waals surface area contributed by atoms with Gasteiger partial charge in [-0.25, -0.2) is 4.79 Å². The first-order valence-corrected chi connectivity index (χ1v) is 3.99. The van der Waals surface area contributed by atoms with Crippen molar-refractivity contribution in [1.82, 2.24) is 5.32 Å². The van der Waals surface area contributed by atoms with Crippen LogP contribution < -0.4 is 5.32 Å². The lowest BCUT2D eigenvalue weighted by Crippen LogP contribution is -2.39. The van der Waals surface area contributed by atoms with E-state index in [2.05, 4.69) is 5.32 Å². The van der Waals surface area contributed by atoms with Crippen LogP contribution in [0.25, 0.3) is 0 Å². The molecule has 1 saturated heterocycles. The van der Waals surface area contributed by atoms with Gasteiger partial charge in [0.1, 0.15) is 6.04 Å². The molecule has 0 aromatic carbocycles. The van der Waals surface area contributed by atoms with Gasteiger partial charge in [0.05, 0.1) is 0 Å². The fourth-order valence-corrected chi connectivity index (χ4v) is 1.78. The quantitative estimate of drug-likeness (QED) is 0.511. The summed E-state index contributed by atoms with van der Waals surface area (Å²) in [5, 5.41) is 18.6. The second-order valence-electron chi connectivity index (χ2n) is 2.11. The first-order valence-electron chi connectivity index (χ1n) is 2.94. The van der Waals surface area contributed by atoms with Crippen LogP contribution in [0.1, 0.15) is 0 Å². The molecule has 1 fully saturated rings. The largest absolute Gasteiger partial charge is 0.480 e. The van der Waals surface area contributed by atoms with Crippen molar-refractivity contribution in [3.05, 3.63) is 0 Å². The first-order chi connectivity index (χ1) is 5.11. The van der Waals surface area contributed by atoms with E-state index in [1.165, 1.54) is 0 Å². The predicted molar refractivity (Wildman–Crippen MR) is 38.4 cm³/mol. The normalized spacial score (nSPS) is 30.2. The minimum atomic E-state index is -1.02. The lowest BCUT2D eigenvalue weighted by Gasteiger charge is -2.04. The predicted octanol–water partition coefficient (Wildman–Crippen LogP) is -0.813. The number of hydrogen-bond acceptors (Lipinski definition) is 4. The van der Waals surface area contributed by atoms with Crippen LogP contribution in [0.3, 0.4) is 0 Å². The standard InChI is InChI=1S/C5H7NO4S/c7-4(8)2-1-11-3(6-2)5(9)10/h2-3,6H,1H2,(H,7,8)(H,9,10)/t2-,3+/m0/s1. The van der Waals surface area contributed by atoms with Gasteiger partial charge < -0.3 is 10.2 Å². The molecule has 2 atom stereocenters. The molecule has 0 aliphatic carbocycles. The number of nitrogens with one attached hydrogen (secondary N) is 1. The van der Waals surface area contributed by atoms with E-state index in [0.717, 1.165) is 11.8 Å². The van der Waals surface area contributed by atoms with Gasteiger partial charge in [-0.3, -0.25) is 10.1 Å². The molecule has 62 valence electrons. The van der Waals surface area contributed by atoms with E-state index in [1.807, 2.05) is 0 Å². The average Bonchev–Trinajstić information content (AvgIpc) is 2.33. The number of rotatable bonds is 2. The summed E-state index contributed by atoms with van der Waals surface area (Å²) in [4.78, 5) is 20.6. The lowest BCUT2D eigenvalue weighted by molar-refractivity contribution is -0.139. The minimum Gasteiger partial charge on any atom is -0.480 e. The first kappa shape index (κ1) is 8.35. The Kier molecular flexibility index (Phi) is 2.35. The molecule has 1 rings (SSSR count).